The highest BCUT2D eigenvalue weighted by Gasteiger charge is 2.44. The molecule has 0 N–H and O–H groups in total. The molecule has 1 aliphatic carbocycles. The third kappa shape index (κ3) is 4.08. The molecular formula is C24H25N3O4. The Morgan fingerprint density at radius 3 is 2.23 bits per heavy atom. The number of nitro benzene ring substituents is 1. The fourth-order valence-corrected chi connectivity index (χ4v) is 4.51. The van der Waals surface area contributed by atoms with Crippen molar-refractivity contribution in [2.75, 3.05) is 7.05 Å². The van der Waals surface area contributed by atoms with Gasteiger partial charge in [0.1, 0.15) is 5.70 Å². The molecule has 0 radical (unpaired) electrons. The molecule has 7 heteroatoms. The van der Waals surface area contributed by atoms with Crippen LogP contribution >= 0.6 is 0 Å². The van der Waals surface area contributed by atoms with Crippen molar-refractivity contribution < 1.29 is 14.5 Å². The van der Waals surface area contributed by atoms with Gasteiger partial charge in [-0.05, 0) is 36.1 Å². The number of nitrogens with zero attached hydrogens (tertiary/aromatic N) is 3. The molecule has 2 aromatic rings. The highest BCUT2D eigenvalue weighted by molar-refractivity contribution is 6.35. The summed E-state index contributed by atoms with van der Waals surface area (Å²) in [4.78, 5) is 40.8. The van der Waals surface area contributed by atoms with Crippen molar-refractivity contribution in [1.82, 2.24) is 9.80 Å². The highest BCUT2D eigenvalue weighted by atomic mass is 16.6. The van der Waals surface area contributed by atoms with Crippen molar-refractivity contribution in [1.29, 1.82) is 0 Å². The molecule has 0 spiro atoms. The molecule has 0 saturated heterocycles. The van der Waals surface area contributed by atoms with E-state index in [2.05, 4.69) is 0 Å². The smallest absolute Gasteiger partial charge is 0.278 e. The number of hydrogen-bond donors (Lipinski definition) is 0. The molecule has 4 rings (SSSR count). The molecule has 1 fully saturated rings. The first-order chi connectivity index (χ1) is 15.0. The predicted octanol–water partition coefficient (Wildman–Crippen LogP) is 4.14. The maximum absolute atomic E-state index is 13.5. The molecule has 2 amide bonds. The van der Waals surface area contributed by atoms with Crippen molar-refractivity contribution in [2.45, 2.75) is 44.7 Å². The lowest BCUT2D eigenvalue weighted by Crippen LogP contribution is -2.43. The standard InChI is InChI=1S/C24H25N3O4/c1-25(16-17-8-4-2-5-9-17)22-21(18-12-14-20(15-13-18)27(30)31)23(28)26(24(22)29)19-10-6-3-7-11-19/h2,4-5,8-9,12-15,19H,3,6-7,10-11,16H2,1H3. The fourth-order valence-electron chi connectivity index (χ4n) is 4.51. The molecule has 0 atom stereocenters. The summed E-state index contributed by atoms with van der Waals surface area (Å²) in [6, 6.07) is 15.5. The van der Waals surface area contributed by atoms with Gasteiger partial charge in [0.25, 0.3) is 17.5 Å². The Kier molecular flexibility index (Phi) is 5.84. The minimum atomic E-state index is -0.476. The molecule has 1 heterocycles. The Labute approximate surface area is 181 Å². The van der Waals surface area contributed by atoms with Crippen LogP contribution in [-0.4, -0.2) is 39.6 Å². The van der Waals surface area contributed by atoms with Crippen molar-refractivity contribution in [2.24, 2.45) is 0 Å². The maximum atomic E-state index is 13.5. The number of likely N-dealkylation sites (N-methyl/N-ethyl adjacent to an activating group) is 1. The number of hydrogen-bond acceptors (Lipinski definition) is 5. The van der Waals surface area contributed by atoms with Crippen molar-refractivity contribution in [3.05, 3.63) is 81.5 Å². The molecule has 7 nitrogen and oxygen atoms in total. The maximum Gasteiger partial charge on any atom is 0.278 e. The number of carbonyl (C=O) groups excluding carboxylic acids is 2. The van der Waals surface area contributed by atoms with Gasteiger partial charge in [0, 0.05) is 31.8 Å². The monoisotopic (exact) mass is 419 g/mol. The minimum absolute atomic E-state index is 0.0514. The molecule has 2 aliphatic rings. The van der Waals surface area contributed by atoms with Crippen molar-refractivity contribution in [3.63, 3.8) is 0 Å². The van der Waals surface area contributed by atoms with Crippen LogP contribution < -0.4 is 0 Å². The second kappa shape index (κ2) is 8.71. The summed E-state index contributed by atoms with van der Waals surface area (Å²) < 4.78 is 0. The zero-order valence-corrected chi connectivity index (χ0v) is 17.5. The average Bonchev–Trinajstić information content (AvgIpc) is 3.05. The number of imide groups is 1. The van der Waals surface area contributed by atoms with Crippen LogP contribution in [0.4, 0.5) is 5.69 Å². The Morgan fingerprint density at radius 1 is 0.968 bits per heavy atom. The zero-order valence-electron chi connectivity index (χ0n) is 17.5. The van der Waals surface area contributed by atoms with Crippen LogP contribution in [0.3, 0.4) is 0 Å². The average molecular weight is 419 g/mol. The number of rotatable bonds is 6. The SMILES string of the molecule is CN(Cc1ccccc1)C1=C(c2ccc([N+](=O)[O-])cc2)C(=O)N(C2CCCCC2)C1=O. The van der Waals surface area contributed by atoms with Gasteiger partial charge < -0.3 is 4.90 Å². The van der Waals surface area contributed by atoms with Gasteiger partial charge in [0.05, 0.1) is 10.5 Å². The van der Waals surface area contributed by atoms with Gasteiger partial charge in [-0.1, -0.05) is 49.6 Å². The first kappa shape index (κ1) is 20.8. The largest absolute Gasteiger partial charge is 0.365 e. The molecule has 0 bridgehead atoms. The van der Waals surface area contributed by atoms with E-state index >= 15 is 0 Å². The van der Waals surface area contributed by atoms with E-state index < -0.39 is 4.92 Å². The van der Waals surface area contributed by atoms with Crippen LogP contribution in [0.25, 0.3) is 5.57 Å². The molecule has 31 heavy (non-hydrogen) atoms. The van der Waals surface area contributed by atoms with Crippen LogP contribution in [0.1, 0.15) is 43.2 Å². The molecule has 2 aromatic carbocycles. The van der Waals surface area contributed by atoms with Gasteiger partial charge in [-0.3, -0.25) is 24.6 Å². The van der Waals surface area contributed by atoms with E-state index in [4.69, 9.17) is 0 Å². The molecular weight excluding hydrogens is 394 g/mol. The normalized spacial score (nSPS) is 17.4. The van der Waals surface area contributed by atoms with Gasteiger partial charge in [-0.25, -0.2) is 0 Å². The van der Waals surface area contributed by atoms with Crippen LogP contribution in [-0.2, 0) is 16.1 Å². The quantitative estimate of drug-likeness (QED) is 0.399. The lowest BCUT2D eigenvalue weighted by molar-refractivity contribution is -0.384. The van der Waals surface area contributed by atoms with Gasteiger partial charge in [0.15, 0.2) is 0 Å². The van der Waals surface area contributed by atoms with Gasteiger partial charge in [-0.15, -0.1) is 0 Å². The number of amides is 2. The lowest BCUT2D eigenvalue weighted by Gasteiger charge is -2.30. The number of nitro groups is 1. The Balaban J connectivity index is 1.74. The summed E-state index contributed by atoms with van der Waals surface area (Å²) >= 11 is 0. The summed E-state index contributed by atoms with van der Waals surface area (Å²) in [7, 11) is 1.81. The van der Waals surface area contributed by atoms with E-state index in [0.717, 1.165) is 37.7 Å². The third-order valence-electron chi connectivity index (χ3n) is 6.04. The van der Waals surface area contributed by atoms with Crippen molar-refractivity contribution >= 4 is 23.1 Å². The van der Waals surface area contributed by atoms with Crippen LogP contribution in [0, 0.1) is 10.1 Å². The van der Waals surface area contributed by atoms with E-state index in [9.17, 15) is 19.7 Å². The Hall–Kier alpha value is -3.48. The van der Waals surface area contributed by atoms with E-state index in [1.54, 1.807) is 12.1 Å². The predicted molar refractivity (Wildman–Crippen MR) is 117 cm³/mol. The highest BCUT2D eigenvalue weighted by Crippen LogP contribution is 2.36. The molecule has 160 valence electrons. The molecule has 0 aromatic heterocycles. The summed E-state index contributed by atoms with van der Waals surface area (Å²) in [6.07, 6.45) is 4.77. The number of benzene rings is 2. The molecule has 1 aliphatic heterocycles. The van der Waals surface area contributed by atoms with Crippen LogP contribution in [0.2, 0.25) is 0 Å². The van der Waals surface area contributed by atoms with E-state index in [0.29, 0.717) is 23.4 Å². The summed E-state index contributed by atoms with van der Waals surface area (Å²) in [5, 5.41) is 11.0. The third-order valence-corrected chi connectivity index (χ3v) is 6.04. The second-order valence-electron chi connectivity index (χ2n) is 8.14. The topological polar surface area (TPSA) is 83.8 Å². The molecule has 0 unspecified atom stereocenters. The van der Waals surface area contributed by atoms with Gasteiger partial charge in [0.2, 0.25) is 0 Å². The summed E-state index contributed by atoms with van der Waals surface area (Å²) in [5.41, 5.74) is 2.18. The second-order valence-corrected chi connectivity index (χ2v) is 8.14. The zero-order chi connectivity index (χ0) is 22.0. The first-order valence-corrected chi connectivity index (χ1v) is 10.6. The summed E-state index contributed by atoms with van der Waals surface area (Å²) in [5.74, 6) is -0.579. The minimum Gasteiger partial charge on any atom is -0.365 e. The Bertz CT molecular complexity index is 1020. The molecule has 1 saturated carbocycles. The van der Waals surface area contributed by atoms with Crippen LogP contribution in [0.15, 0.2) is 60.3 Å². The van der Waals surface area contributed by atoms with E-state index in [-0.39, 0.29) is 23.5 Å². The number of non-ortho nitro benzene ring substituents is 1. The Morgan fingerprint density at radius 2 is 1.61 bits per heavy atom. The first-order valence-electron chi connectivity index (χ1n) is 10.6. The fraction of sp³-hybridized carbons (Fsp3) is 0.333. The van der Waals surface area contributed by atoms with Gasteiger partial charge in [-0.2, -0.15) is 0 Å². The van der Waals surface area contributed by atoms with Gasteiger partial charge >= 0.3 is 0 Å². The number of carbonyl (C=O) groups is 2. The lowest BCUT2D eigenvalue weighted by atomic mass is 9.94. The summed E-state index contributed by atoms with van der Waals surface area (Å²) in [6.45, 7) is 0.476. The van der Waals surface area contributed by atoms with Crippen LogP contribution in [0.5, 0.6) is 0 Å². The van der Waals surface area contributed by atoms with E-state index in [1.807, 2.05) is 42.3 Å². The van der Waals surface area contributed by atoms with Crippen molar-refractivity contribution in [3.8, 4) is 0 Å². The van der Waals surface area contributed by atoms with E-state index in [1.165, 1.54) is 17.0 Å².